The summed E-state index contributed by atoms with van der Waals surface area (Å²) >= 11 is 1.93. The van der Waals surface area contributed by atoms with E-state index in [0.29, 0.717) is 30.4 Å². The van der Waals surface area contributed by atoms with Gasteiger partial charge in [-0.15, -0.1) is 0 Å². The number of hydrogen-bond acceptors (Lipinski definition) is 4. The van der Waals surface area contributed by atoms with Gasteiger partial charge in [0.05, 0.1) is 6.10 Å². The third kappa shape index (κ3) is 4.65. The third-order valence-electron chi connectivity index (χ3n) is 3.91. The predicted molar refractivity (Wildman–Crippen MR) is 79.4 cm³/mol. The molecule has 2 heterocycles. The van der Waals surface area contributed by atoms with Gasteiger partial charge in [0.25, 0.3) is 0 Å². The molecule has 3 unspecified atom stereocenters. The number of amides is 1. The van der Waals surface area contributed by atoms with Crippen LogP contribution in [0, 0.1) is 11.8 Å². The van der Waals surface area contributed by atoms with E-state index in [2.05, 4.69) is 24.5 Å². The van der Waals surface area contributed by atoms with Gasteiger partial charge in [-0.05, 0) is 12.3 Å². The standard InChI is InChI=1S/C14H26N2O2S/c1-10(2)14-11(3-5-18-14)8-16-13(17)7-12-9-19-6-4-15-12/h10-12,14-15H,3-9H2,1-2H3,(H,16,17). The molecule has 4 nitrogen and oxygen atoms in total. The third-order valence-corrected chi connectivity index (χ3v) is 5.04. The summed E-state index contributed by atoms with van der Waals surface area (Å²) in [6.45, 7) is 7.00. The lowest BCUT2D eigenvalue weighted by molar-refractivity contribution is -0.121. The van der Waals surface area contributed by atoms with Gasteiger partial charge in [0.1, 0.15) is 0 Å². The molecule has 0 spiro atoms. The first kappa shape index (κ1) is 15.1. The van der Waals surface area contributed by atoms with Gasteiger partial charge in [0.2, 0.25) is 5.91 Å². The van der Waals surface area contributed by atoms with Crippen LogP contribution in [0.1, 0.15) is 26.7 Å². The molecule has 110 valence electrons. The second kappa shape index (κ2) is 7.50. The zero-order valence-corrected chi connectivity index (χ0v) is 12.8. The lowest BCUT2D eigenvalue weighted by atomic mass is 9.93. The molecule has 2 aliphatic rings. The Morgan fingerprint density at radius 2 is 2.37 bits per heavy atom. The Bertz CT molecular complexity index is 293. The Hall–Kier alpha value is -0.260. The fourth-order valence-electron chi connectivity index (χ4n) is 2.90. The summed E-state index contributed by atoms with van der Waals surface area (Å²) in [7, 11) is 0. The van der Waals surface area contributed by atoms with Crippen LogP contribution in [-0.2, 0) is 9.53 Å². The van der Waals surface area contributed by atoms with Crippen molar-refractivity contribution in [3.8, 4) is 0 Å². The molecule has 5 heteroatoms. The zero-order valence-electron chi connectivity index (χ0n) is 12.0. The molecule has 1 amide bonds. The summed E-state index contributed by atoms with van der Waals surface area (Å²) in [5.41, 5.74) is 0. The molecule has 0 aromatic rings. The quantitative estimate of drug-likeness (QED) is 0.799. The highest BCUT2D eigenvalue weighted by atomic mass is 32.2. The molecule has 0 aromatic heterocycles. The number of hydrogen-bond donors (Lipinski definition) is 2. The molecule has 19 heavy (non-hydrogen) atoms. The largest absolute Gasteiger partial charge is 0.378 e. The average molecular weight is 286 g/mol. The number of thioether (sulfide) groups is 1. The maximum Gasteiger partial charge on any atom is 0.221 e. The molecule has 2 aliphatic heterocycles. The van der Waals surface area contributed by atoms with Crippen LogP contribution in [0.4, 0.5) is 0 Å². The van der Waals surface area contributed by atoms with E-state index in [0.717, 1.165) is 37.6 Å². The van der Waals surface area contributed by atoms with Crippen LogP contribution in [-0.4, -0.2) is 49.3 Å². The monoisotopic (exact) mass is 286 g/mol. The van der Waals surface area contributed by atoms with Crippen LogP contribution in [0.5, 0.6) is 0 Å². The van der Waals surface area contributed by atoms with Crippen molar-refractivity contribution in [2.75, 3.05) is 31.2 Å². The first-order chi connectivity index (χ1) is 9.16. The minimum atomic E-state index is 0.175. The van der Waals surface area contributed by atoms with Gasteiger partial charge in [0, 0.05) is 49.6 Å². The summed E-state index contributed by atoms with van der Waals surface area (Å²) in [6, 6.07) is 0.347. The van der Waals surface area contributed by atoms with Crippen molar-refractivity contribution >= 4 is 17.7 Å². The summed E-state index contributed by atoms with van der Waals surface area (Å²) in [6.07, 6.45) is 1.98. The Morgan fingerprint density at radius 3 is 3.05 bits per heavy atom. The van der Waals surface area contributed by atoms with Crippen LogP contribution in [0.2, 0.25) is 0 Å². The van der Waals surface area contributed by atoms with Gasteiger partial charge in [-0.2, -0.15) is 11.8 Å². The van der Waals surface area contributed by atoms with Gasteiger partial charge < -0.3 is 15.4 Å². The van der Waals surface area contributed by atoms with Gasteiger partial charge in [-0.3, -0.25) is 4.79 Å². The van der Waals surface area contributed by atoms with Crippen LogP contribution in [0.25, 0.3) is 0 Å². The lowest BCUT2D eigenvalue weighted by Gasteiger charge is -2.24. The molecular formula is C14H26N2O2S. The summed E-state index contributed by atoms with van der Waals surface area (Å²) in [5.74, 6) is 3.40. The molecule has 0 bridgehead atoms. The maximum absolute atomic E-state index is 11.9. The molecule has 3 atom stereocenters. The van der Waals surface area contributed by atoms with Crippen molar-refractivity contribution in [1.29, 1.82) is 0 Å². The molecule has 2 rings (SSSR count). The minimum Gasteiger partial charge on any atom is -0.378 e. The number of ether oxygens (including phenoxy) is 1. The first-order valence-corrected chi connectivity index (χ1v) is 8.51. The lowest BCUT2D eigenvalue weighted by Crippen LogP contribution is -2.42. The SMILES string of the molecule is CC(C)C1OCCC1CNC(=O)CC1CSCCN1. The van der Waals surface area contributed by atoms with Gasteiger partial charge in [0.15, 0.2) is 0 Å². The molecule has 2 fully saturated rings. The van der Waals surface area contributed by atoms with Gasteiger partial charge in [-0.1, -0.05) is 13.8 Å². The minimum absolute atomic E-state index is 0.175. The van der Waals surface area contributed by atoms with E-state index in [-0.39, 0.29) is 5.91 Å². The first-order valence-electron chi connectivity index (χ1n) is 7.36. The van der Waals surface area contributed by atoms with Gasteiger partial charge >= 0.3 is 0 Å². The number of rotatable bonds is 5. The molecule has 0 aliphatic carbocycles. The second-order valence-corrected chi connectivity index (χ2v) is 7.01. The van der Waals surface area contributed by atoms with E-state index in [1.165, 1.54) is 0 Å². The highest BCUT2D eigenvalue weighted by molar-refractivity contribution is 7.99. The summed E-state index contributed by atoms with van der Waals surface area (Å²) in [4.78, 5) is 11.9. The molecule has 2 saturated heterocycles. The Balaban J connectivity index is 1.68. The van der Waals surface area contributed by atoms with E-state index >= 15 is 0 Å². The van der Waals surface area contributed by atoms with Crippen molar-refractivity contribution in [3.05, 3.63) is 0 Å². The highest BCUT2D eigenvalue weighted by Crippen LogP contribution is 2.26. The fourth-order valence-corrected chi connectivity index (χ4v) is 3.85. The Kier molecular flexibility index (Phi) is 5.98. The second-order valence-electron chi connectivity index (χ2n) is 5.86. The molecular weight excluding hydrogens is 260 g/mol. The normalized spacial score (nSPS) is 31.6. The van der Waals surface area contributed by atoms with Crippen molar-refractivity contribution in [2.24, 2.45) is 11.8 Å². The van der Waals surface area contributed by atoms with Crippen LogP contribution < -0.4 is 10.6 Å². The smallest absolute Gasteiger partial charge is 0.221 e. The topological polar surface area (TPSA) is 50.4 Å². The Morgan fingerprint density at radius 1 is 1.53 bits per heavy atom. The molecule has 0 saturated carbocycles. The van der Waals surface area contributed by atoms with E-state index < -0.39 is 0 Å². The maximum atomic E-state index is 11.9. The van der Waals surface area contributed by atoms with E-state index in [1.807, 2.05) is 11.8 Å². The van der Waals surface area contributed by atoms with Crippen molar-refractivity contribution < 1.29 is 9.53 Å². The number of nitrogens with one attached hydrogen (secondary N) is 2. The molecule has 2 N–H and O–H groups in total. The van der Waals surface area contributed by atoms with Gasteiger partial charge in [-0.25, -0.2) is 0 Å². The van der Waals surface area contributed by atoms with E-state index in [9.17, 15) is 4.79 Å². The highest BCUT2D eigenvalue weighted by Gasteiger charge is 2.30. The van der Waals surface area contributed by atoms with Crippen molar-refractivity contribution in [3.63, 3.8) is 0 Å². The van der Waals surface area contributed by atoms with Crippen LogP contribution >= 0.6 is 11.8 Å². The summed E-state index contributed by atoms with van der Waals surface area (Å²) in [5, 5.41) is 6.49. The van der Waals surface area contributed by atoms with E-state index in [1.54, 1.807) is 0 Å². The van der Waals surface area contributed by atoms with E-state index in [4.69, 9.17) is 4.74 Å². The molecule has 0 aromatic carbocycles. The molecule has 0 radical (unpaired) electrons. The van der Waals surface area contributed by atoms with Crippen molar-refractivity contribution in [1.82, 2.24) is 10.6 Å². The number of carbonyl (C=O) groups excluding carboxylic acids is 1. The Labute approximate surface area is 120 Å². The van der Waals surface area contributed by atoms with Crippen LogP contribution in [0.3, 0.4) is 0 Å². The predicted octanol–water partition coefficient (Wildman–Crippen LogP) is 1.26. The summed E-state index contributed by atoms with van der Waals surface area (Å²) < 4.78 is 5.74. The average Bonchev–Trinajstić information content (AvgIpc) is 2.86. The fraction of sp³-hybridized carbons (Fsp3) is 0.929. The zero-order chi connectivity index (χ0) is 13.7. The van der Waals surface area contributed by atoms with Crippen LogP contribution in [0.15, 0.2) is 0 Å². The number of carbonyl (C=O) groups is 1. The van der Waals surface area contributed by atoms with Crippen molar-refractivity contribution in [2.45, 2.75) is 38.8 Å².